The zero-order chi connectivity index (χ0) is 12.8. The normalized spacial score (nSPS) is 10.6. The molecule has 0 saturated heterocycles. The topological polar surface area (TPSA) is 53.1 Å². The predicted octanol–water partition coefficient (Wildman–Crippen LogP) is 2.23. The zero-order valence-electron chi connectivity index (χ0n) is 10.1. The third kappa shape index (κ3) is 3.58. The number of aromatic nitrogens is 2. The van der Waals surface area contributed by atoms with Crippen LogP contribution >= 0.6 is 15.9 Å². The monoisotopic (exact) mass is 309 g/mol. The van der Waals surface area contributed by atoms with Crippen LogP contribution in [0.1, 0.15) is 5.82 Å². The lowest BCUT2D eigenvalue weighted by Crippen LogP contribution is -2.13. The number of hydrogen-bond donors (Lipinski definition) is 1. The maximum atomic E-state index is 5.67. The predicted molar refractivity (Wildman–Crippen MR) is 74.6 cm³/mol. The van der Waals surface area contributed by atoms with Gasteiger partial charge >= 0.3 is 0 Å². The van der Waals surface area contributed by atoms with Crippen LogP contribution < -0.4 is 10.5 Å². The number of benzene rings is 1. The van der Waals surface area contributed by atoms with Crippen LogP contribution in [0, 0.1) is 0 Å². The van der Waals surface area contributed by atoms with Gasteiger partial charge in [0, 0.05) is 23.3 Å². The van der Waals surface area contributed by atoms with Crippen molar-refractivity contribution >= 4 is 15.9 Å². The molecule has 1 aromatic carbocycles. The first-order chi connectivity index (χ1) is 8.79. The molecule has 2 N–H and O–H groups in total. The Balaban J connectivity index is 1.84. The highest BCUT2D eigenvalue weighted by molar-refractivity contribution is 9.10. The molecule has 2 aromatic rings. The van der Waals surface area contributed by atoms with Gasteiger partial charge in [-0.3, -0.25) is 0 Å². The van der Waals surface area contributed by atoms with E-state index in [0.29, 0.717) is 13.2 Å². The molecule has 0 bridgehead atoms. The van der Waals surface area contributed by atoms with Gasteiger partial charge in [-0.1, -0.05) is 15.9 Å². The Hall–Kier alpha value is -1.33. The second kappa shape index (κ2) is 6.56. The lowest BCUT2D eigenvalue weighted by molar-refractivity contribution is 0.296. The summed E-state index contributed by atoms with van der Waals surface area (Å²) in [7, 11) is 0. The summed E-state index contributed by atoms with van der Waals surface area (Å²) in [5.74, 6) is 1.88. The molecule has 0 saturated carbocycles. The van der Waals surface area contributed by atoms with Gasteiger partial charge in [0.2, 0.25) is 0 Å². The van der Waals surface area contributed by atoms with Crippen molar-refractivity contribution in [2.24, 2.45) is 5.73 Å². The Kier molecular flexibility index (Phi) is 4.78. The molecule has 0 unspecified atom stereocenters. The quantitative estimate of drug-likeness (QED) is 0.890. The Morgan fingerprint density at radius 2 is 2.06 bits per heavy atom. The highest BCUT2D eigenvalue weighted by atomic mass is 79.9. The fourth-order valence-electron chi connectivity index (χ4n) is 1.69. The van der Waals surface area contributed by atoms with Crippen molar-refractivity contribution in [1.82, 2.24) is 9.55 Å². The van der Waals surface area contributed by atoms with Crippen molar-refractivity contribution in [3.05, 3.63) is 47.0 Å². The van der Waals surface area contributed by atoms with Gasteiger partial charge in [0.05, 0.1) is 6.54 Å². The average molecular weight is 310 g/mol. The molecule has 18 heavy (non-hydrogen) atoms. The summed E-state index contributed by atoms with van der Waals surface area (Å²) in [4.78, 5) is 4.26. The molecule has 0 atom stereocenters. The lowest BCUT2D eigenvalue weighted by atomic mass is 10.3. The fourth-order valence-corrected chi connectivity index (χ4v) is 1.96. The Morgan fingerprint density at radius 1 is 1.28 bits per heavy atom. The van der Waals surface area contributed by atoms with Crippen LogP contribution in [0.4, 0.5) is 0 Å². The van der Waals surface area contributed by atoms with Crippen LogP contribution in [0.5, 0.6) is 5.75 Å². The summed E-state index contributed by atoms with van der Waals surface area (Å²) in [6.07, 6.45) is 4.55. The molecule has 0 aliphatic carbocycles. The summed E-state index contributed by atoms with van der Waals surface area (Å²) in [5, 5.41) is 0. The van der Waals surface area contributed by atoms with E-state index in [2.05, 4.69) is 25.5 Å². The van der Waals surface area contributed by atoms with Crippen molar-refractivity contribution in [1.29, 1.82) is 0 Å². The standard InChI is InChI=1S/C13H16BrN3O/c14-11-1-3-12(4-2-11)18-10-9-17-8-7-16-13(17)5-6-15/h1-4,7-8H,5-6,9-10,15H2. The number of hydrogen-bond acceptors (Lipinski definition) is 3. The first-order valence-electron chi connectivity index (χ1n) is 5.88. The maximum Gasteiger partial charge on any atom is 0.119 e. The van der Waals surface area contributed by atoms with Gasteiger partial charge < -0.3 is 15.0 Å². The van der Waals surface area contributed by atoms with Gasteiger partial charge in [0.15, 0.2) is 0 Å². The molecule has 0 amide bonds. The molecule has 5 heteroatoms. The van der Waals surface area contributed by atoms with Crippen molar-refractivity contribution in [3.8, 4) is 5.75 Å². The SMILES string of the molecule is NCCc1nccn1CCOc1ccc(Br)cc1. The zero-order valence-corrected chi connectivity index (χ0v) is 11.6. The van der Waals surface area contributed by atoms with Crippen LogP contribution in [0.15, 0.2) is 41.1 Å². The highest BCUT2D eigenvalue weighted by Crippen LogP contribution is 2.16. The molecule has 1 heterocycles. The first-order valence-corrected chi connectivity index (χ1v) is 6.67. The molecule has 2 rings (SSSR count). The van der Waals surface area contributed by atoms with Crippen molar-refractivity contribution in [3.63, 3.8) is 0 Å². The van der Waals surface area contributed by atoms with E-state index in [9.17, 15) is 0 Å². The number of nitrogens with two attached hydrogens (primary N) is 1. The van der Waals surface area contributed by atoms with E-state index in [1.54, 1.807) is 6.20 Å². The molecule has 0 radical (unpaired) electrons. The Morgan fingerprint density at radius 3 is 2.78 bits per heavy atom. The number of nitrogens with zero attached hydrogens (tertiary/aromatic N) is 2. The van der Waals surface area contributed by atoms with E-state index in [4.69, 9.17) is 10.5 Å². The molecular weight excluding hydrogens is 294 g/mol. The number of rotatable bonds is 6. The van der Waals surface area contributed by atoms with Gasteiger partial charge in [0.1, 0.15) is 18.2 Å². The van der Waals surface area contributed by atoms with Gasteiger partial charge in [-0.05, 0) is 30.8 Å². The van der Waals surface area contributed by atoms with Crippen LogP contribution in [0.3, 0.4) is 0 Å². The third-order valence-corrected chi connectivity index (χ3v) is 3.11. The van der Waals surface area contributed by atoms with Crippen LogP contribution in [0.2, 0.25) is 0 Å². The molecule has 0 spiro atoms. The summed E-state index contributed by atoms with van der Waals surface area (Å²) in [6.45, 7) is 2.02. The minimum atomic E-state index is 0.616. The van der Waals surface area contributed by atoms with Gasteiger partial charge in [0.25, 0.3) is 0 Å². The minimum Gasteiger partial charge on any atom is -0.492 e. The van der Waals surface area contributed by atoms with Crippen LogP contribution in [-0.4, -0.2) is 22.7 Å². The molecular formula is C13H16BrN3O. The van der Waals surface area contributed by atoms with E-state index in [1.165, 1.54) is 0 Å². The first kappa shape index (κ1) is 13.1. The van der Waals surface area contributed by atoms with Gasteiger partial charge in [-0.25, -0.2) is 4.98 Å². The Bertz CT molecular complexity index is 481. The van der Waals surface area contributed by atoms with E-state index >= 15 is 0 Å². The number of imidazole rings is 1. The summed E-state index contributed by atoms with van der Waals surface area (Å²) in [6, 6.07) is 7.82. The van der Waals surface area contributed by atoms with Gasteiger partial charge in [-0.2, -0.15) is 0 Å². The minimum absolute atomic E-state index is 0.616. The summed E-state index contributed by atoms with van der Waals surface area (Å²) < 4.78 is 8.79. The third-order valence-electron chi connectivity index (χ3n) is 2.58. The van der Waals surface area contributed by atoms with Crippen molar-refractivity contribution in [2.75, 3.05) is 13.2 Å². The number of ether oxygens (including phenoxy) is 1. The van der Waals surface area contributed by atoms with Crippen molar-refractivity contribution < 1.29 is 4.74 Å². The number of halogens is 1. The highest BCUT2D eigenvalue weighted by Gasteiger charge is 2.01. The molecule has 96 valence electrons. The molecule has 0 aliphatic heterocycles. The molecule has 1 aromatic heterocycles. The summed E-state index contributed by atoms with van der Waals surface area (Å²) >= 11 is 3.39. The lowest BCUT2D eigenvalue weighted by Gasteiger charge is -2.09. The second-order valence-corrected chi connectivity index (χ2v) is 4.79. The van der Waals surface area contributed by atoms with E-state index in [-0.39, 0.29) is 0 Å². The van der Waals surface area contributed by atoms with E-state index < -0.39 is 0 Å². The molecule has 0 fully saturated rings. The maximum absolute atomic E-state index is 5.67. The largest absolute Gasteiger partial charge is 0.492 e. The van der Waals surface area contributed by atoms with E-state index in [0.717, 1.165) is 29.0 Å². The Labute approximate surface area is 115 Å². The van der Waals surface area contributed by atoms with Gasteiger partial charge in [-0.15, -0.1) is 0 Å². The van der Waals surface area contributed by atoms with Crippen LogP contribution in [0.25, 0.3) is 0 Å². The molecule has 4 nitrogen and oxygen atoms in total. The second-order valence-electron chi connectivity index (χ2n) is 3.88. The average Bonchev–Trinajstić information content (AvgIpc) is 2.80. The van der Waals surface area contributed by atoms with Crippen molar-refractivity contribution in [2.45, 2.75) is 13.0 Å². The molecule has 0 aliphatic rings. The smallest absolute Gasteiger partial charge is 0.119 e. The fraction of sp³-hybridized carbons (Fsp3) is 0.308. The van der Waals surface area contributed by atoms with Crippen LogP contribution in [-0.2, 0) is 13.0 Å². The summed E-state index contributed by atoms with van der Waals surface area (Å²) in [5.41, 5.74) is 5.53. The van der Waals surface area contributed by atoms with E-state index in [1.807, 2.05) is 30.5 Å².